The number of hydrogen-bond donors (Lipinski definition) is 3. The van der Waals surface area contributed by atoms with Crippen LogP contribution in [0.25, 0.3) is 22.4 Å². The molecular weight excluding hydrogens is 635 g/mol. The molecular formula is C33H26Cl2N4O5S. The van der Waals surface area contributed by atoms with Crippen LogP contribution in [-0.4, -0.2) is 41.9 Å². The van der Waals surface area contributed by atoms with Gasteiger partial charge >= 0.3 is 16.2 Å². The van der Waals surface area contributed by atoms with Gasteiger partial charge in [0.2, 0.25) is 0 Å². The standard InChI is InChI=1S/C33H26Cl2N4O5S/c34-25-12-15-27(28(35)17-25)29-18-36-33(37-29)32(24-10-13-26(14-11-24)39-19-30(40)38-45(39,43)44)23-8-6-22(7-9-23)21-4-1-20(2-5-21)3-16-31(41)42/h1-2,4-15,17-18,32H,3,16,19H2,(H,36,37)(H,38,40)(H,41,42). The Kier molecular flexibility index (Phi) is 8.37. The van der Waals surface area contributed by atoms with Gasteiger partial charge in [-0.2, -0.15) is 8.42 Å². The highest BCUT2D eigenvalue weighted by Crippen LogP contribution is 2.36. The summed E-state index contributed by atoms with van der Waals surface area (Å²) < 4.78 is 27.8. The van der Waals surface area contributed by atoms with Crippen LogP contribution in [0.15, 0.2) is 97.2 Å². The van der Waals surface area contributed by atoms with Gasteiger partial charge in [0.15, 0.2) is 0 Å². The molecule has 3 N–H and O–H groups in total. The highest BCUT2D eigenvalue weighted by Gasteiger charge is 2.34. The molecule has 0 saturated carbocycles. The first-order chi connectivity index (χ1) is 21.6. The Morgan fingerprint density at radius 3 is 2.11 bits per heavy atom. The number of nitrogens with zero attached hydrogens (tertiary/aromatic N) is 2. The second-order valence-corrected chi connectivity index (χ2v) is 13.0. The summed E-state index contributed by atoms with van der Waals surface area (Å²) in [6.07, 6.45) is 2.26. The summed E-state index contributed by atoms with van der Waals surface area (Å²) >= 11 is 12.6. The zero-order chi connectivity index (χ0) is 31.7. The van der Waals surface area contributed by atoms with Crippen LogP contribution in [0.4, 0.5) is 5.69 Å². The van der Waals surface area contributed by atoms with E-state index in [-0.39, 0.29) is 18.9 Å². The number of nitrogens with one attached hydrogen (secondary N) is 2. The zero-order valence-corrected chi connectivity index (χ0v) is 25.9. The molecule has 45 heavy (non-hydrogen) atoms. The van der Waals surface area contributed by atoms with Crippen molar-refractivity contribution >= 4 is 51.0 Å². The van der Waals surface area contributed by atoms with Crippen LogP contribution in [0.5, 0.6) is 0 Å². The van der Waals surface area contributed by atoms with E-state index in [1.165, 1.54) is 0 Å². The Balaban J connectivity index is 1.34. The number of aromatic nitrogens is 2. The number of amides is 1. The lowest BCUT2D eigenvalue weighted by Crippen LogP contribution is -2.29. The Morgan fingerprint density at radius 2 is 1.53 bits per heavy atom. The number of imidazole rings is 1. The molecule has 1 fully saturated rings. The minimum absolute atomic E-state index is 0.0813. The highest BCUT2D eigenvalue weighted by molar-refractivity contribution is 7.92. The lowest BCUT2D eigenvalue weighted by Gasteiger charge is -2.19. The topological polar surface area (TPSA) is 132 Å². The van der Waals surface area contributed by atoms with Gasteiger partial charge in [-0.25, -0.2) is 14.0 Å². The maximum absolute atomic E-state index is 12.4. The number of aliphatic carboxylic acids is 1. The van der Waals surface area contributed by atoms with Crippen molar-refractivity contribution < 1.29 is 23.1 Å². The molecule has 1 unspecified atom stereocenters. The third-order valence-corrected chi connectivity index (χ3v) is 9.54. The van der Waals surface area contributed by atoms with E-state index in [1.807, 2.05) is 71.5 Å². The SMILES string of the molecule is O=C(O)CCc1ccc(-c2ccc(C(c3ccc(N4CC(=O)NS4(=O)=O)cc3)c3ncc(-c4ccc(Cl)cc4Cl)[nH]3)cc2)cc1. The third-order valence-electron chi connectivity index (χ3n) is 7.58. The lowest BCUT2D eigenvalue weighted by atomic mass is 9.89. The minimum Gasteiger partial charge on any atom is -0.481 e. The van der Waals surface area contributed by atoms with Crippen LogP contribution in [0.2, 0.25) is 10.0 Å². The smallest absolute Gasteiger partial charge is 0.326 e. The van der Waals surface area contributed by atoms with Crippen LogP contribution in [0, 0.1) is 0 Å². The fourth-order valence-corrected chi connectivity index (χ4v) is 6.99. The van der Waals surface area contributed by atoms with Gasteiger partial charge in [0.1, 0.15) is 12.4 Å². The second kappa shape index (κ2) is 12.4. The molecule has 1 aliphatic heterocycles. The third kappa shape index (κ3) is 6.58. The van der Waals surface area contributed by atoms with E-state index >= 15 is 0 Å². The number of benzene rings is 4. The molecule has 1 saturated heterocycles. The summed E-state index contributed by atoms with van der Waals surface area (Å²) in [5, 5.41) is 9.96. The molecule has 6 rings (SSSR count). The first kappa shape index (κ1) is 30.4. The number of carboxylic acids is 1. The molecule has 0 radical (unpaired) electrons. The van der Waals surface area contributed by atoms with Crippen molar-refractivity contribution in [3.63, 3.8) is 0 Å². The normalized spacial score (nSPS) is 14.7. The molecule has 5 aromatic rings. The fraction of sp³-hybridized carbons (Fsp3) is 0.121. The maximum Gasteiger partial charge on any atom is 0.326 e. The van der Waals surface area contributed by atoms with E-state index in [9.17, 15) is 18.0 Å². The molecule has 0 bridgehead atoms. The van der Waals surface area contributed by atoms with Crippen LogP contribution in [-0.2, 0) is 26.2 Å². The maximum atomic E-state index is 12.4. The molecule has 9 nitrogen and oxygen atoms in total. The molecule has 0 spiro atoms. The molecule has 2 heterocycles. The van der Waals surface area contributed by atoms with Crippen LogP contribution >= 0.6 is 23.2 Å². The van der Waals surface area contributed by atoms with Crippen molar-refractivity contribution in [3.05, 3.63) is 130 Å². The number of anilines is 1. The number of carbonyl (C=O) groups excluding carboxylic acids is 1. The zero-order valence-electron chi connectivity index (χ0n) is 23.6. The van der Waals surface area contributed by atoms with Gasteiger partial charge in [0.25, 0.3) is 5.91 Å². The number of carboxylic acid groups (broad SMARTS) is 1. The number of H-pyrrole nitrogens is 1. The van der Waals surface area contributed by atoms with Crippen molar-refractivity contribution in [2.24, 2.45) is 0 Å². The number of rotatable bonds is 9. The van der Waals surface area contributed by atoms with E-state index < -0.39 is 22.1 Å². The van der Waals surface area contributed by atoms with Crippen molar-refractivity contribution in [1.82, 2.24) is 14.7 Å². The quantitative estimate of drug-likeness (QED) is 0.167. The van der Waals surface area contributed by atoms with E-state index in [1.54, 1.807) is 30.5 Å². The van der Waals surface area contributed by atoms with Gasteiger partial charge in [0, 0.05) is 17.0 Å². The number of carbonyl (C=O) groups is 2. The molecule has 1 amide bonds. The Morgan fingerprint density at radius 1 is 0.911 bits per heavy atom. The summed E-state index contributed by atoms with van der Waals surface area (Å²) in [4.78, 5) is 30.8. The predicted molar refractivity (Wildman–Crippen MR) is 174 cm³/mol. The van der Waals surface area contributed by atoms with Crippen LogP contribution < -0.4 is 9.03 Å². The van der Waals surface area contributed by atoms with Gasteiger partial charge in [0.05, 0.1) is 28.5 Å². The molecule has 1 aliphatic rings. The van der Waals surface area contributed by atoms with Gasteiger partial charge in [-0.15, -0.1) is 0 Å². The molecule has 1 aromatic heterocycles. The minimum atomic E-state index is -3.94. The summed E-state index contributed by atoms with van der Waals surface area (Å²) in [5.74, 6) is -1.13. The lowest BCUT2D eigenvalue weighted by molar-refractivity contribution is -0.137. The number of hydrogen-bond acceptors (Lipinski definition) is 5. The Bertz CT molecular complexity index is 1990. The van der Waals surface area contributed by atoms with Crippen LogP contribution in [0.1, 0.15) is 34.9 Å². The molecule has 1 atom stereocenters. The summed E-state index contributed by atoms with van der Waals surface area (Å²) in [6.45, 7) is -0.281. The summed E-state index contributed by atoms with van der Waals surface area (Å²) in [7, 11) is -3.94. The summed E-state index contributed by atoms with van der Waals surface area (Å²) in [5.41, 5.74) is 6.53. The van der Waals surface area contributed by atoms with E-state index in [2.05, 4.69) is 4.98 Å². The molecule has 0 aliphatic carbocycles. The van der Waals surface area contributed by atoms with E-state index in [0.717, 1.165) is 37.7 Å². The van der Waals surface area contributed by atoms with Crippen molar-refractivity contribution in [1.29, 1.82) is 0 Å². The number of aryl methyl sites for hydroxylation is 1. The van der Waals surface area contributed by atoms with Gasteiger partial charge < -0.3 is 10.1 Å². The molecule has 228 valence electrons. The van der Waals surface area contributed by atoms with Crippen molar-refractivity contribution in [2.75, 3.05) is 10.8 Å². The predicted octanol–water partition coefficient (Wildman–Crippen LogP) is 6.43. The van der Waals surface area contributed by atoms with Gasteiger partial charge in [-0.05, 0) is 64.6 Å². The first-order valence-corrected chi connectivity index (χ1v) is 16.1. The van der Waals surface area contributed by atoms with Gasteiger partial charge in [-0.3, -0.25) is 9.59 Å². The largest absolute Gasteiger partial charge is 0.481 e. The average molecular weight is 662 g/mol. The van der Waals surface area contributed by atoms with E-state index in [4.69, 9.17) is 33.3 Å². The van der Waals surface area contributed by atoms with Crippen molar-refractivity contribution in [2.45, 2.75) is 18.8 Å². The number of halogens is 2. The highest BCUT2D eigenvalue weighted by atomic mass is 35.5. The monoisotopic (exact) mass is 660 g/mol. The molecule has 4 aromatic carbocycles. The van der Waals surface area contributed by atoms with Gasteiger partial charge in [-0.1, -0.05) is 83.9 Å². The van der Waals surface area contributed by atoms with Crippen molar-refractivity contribution in [3.8, 4) is 22.4 Å². The fourth-order valence-electron chi connectivity index (χ4n) is 5.33. The average Bonchev–Trinajstić information content (AvgIpc) is 3.60. The summed E-state index contributed by atoms with van der Waals surface area (Å²) in [6, 6.07) is 28.1. The second-order valence-electron chi connectivity index (χ2n) is 10.6. The Hall–Kier alpha value is -4.64. The Labute approximate surface area is 269 Å². The number of aromatic amines is 1. The first-order valence-electron chi connectivity index (χ1n) is 13.9. The van der Waals surface area contributed by atoms with E-state index in [0.29, 0.717) is 33.7 Å². The molecule has 12 heteroatoms. The van der Waals surface area contributed by atoms with Crippen LogP contribution in [0.3, 0.4) is 0 Å².